The number of halogens is 1. The van der Waals surface area contributed by atoms with E-state index in [9.17, 15) is 9.59 Å². The Bertz CT molecular complexity index is 846. The van der Waals surface area contributed by atoms with Crippen molar-refractivity contribution in [2.45, 2.75) is 46.5 Å². The number of hydrogen-bond donors (Lipinski definition) is 2. The molecular formula is C23H29ClN2O2. The summed E-state index contributed by atoms with van der Waals surface area (Å²) < 4.78 is 0. The Morgan fingerprint density at radius 2 is 1.61 bits per heavy atom. The molecule has 2 aromatic rings. The molecule has 0 spiro atoms. The largest absolute Gasteiger partial charge is 0.354 e. The predicted molar refractivity (Wildman–Crippen MR) is 115 cm³/mol. The minimum absolute atomic E-state index is 0.0784. The number of nitrogens with one attached hydrogen (secondary N) is 2. The number of hydrogen-bond acceptors (Lipinski definition) is 2. The van der Waals surface area contributed by atoms with E-state index in [0.717, 1.165) is 6.42 Å². The SMILES string of the molecule is Cc1cc(C(C)(C)C)cc(C)c1CCNC(=O)CNC(=O)c1ccccc1Cl. The van der Waals surface area contributed by atoms with Gasteiger partial charge in [0.25, 0.3) is 5.91 Å². The molecule has 4 nitrogen and oxygen atoms in total. The zero-order chi connectivity index (χ0) is 20.9. The van der Waals surface area contributed by atoms with E-state index in [4.69, 9.17) is 11.6 Å². The highest BCUT2D eigenvalue weighted by Crippen LogP contribution is 2.27. The van der Waals surface area contributed by atoms with Gasteiger partial charge < -0.3 is 10.6 Å². The van der Waals surface area contributed by atoms with E-state index in [1.54, 1.807) is 24.3 Å². The average molecular weight is 401 g/mol. The zero-order valence-electron chi connectivity index (χ0n) is 17.3. The molecule has 2 N–H and O–H groups in total. The summed E-state index contributed by atoms with van der Waals surface area (Å²) in [5.74, 6) is -0.577. The van der Waals surface area contributed by atoms with Crippen molar-refractivity contribution in [1.29, 1.82) is 0 Å². The molecule has 0 heterocycles. The summed E-state index contributed by atoms with van der Waals surface area (Å²) in [5.41, 5.74) is 5.53. The van der Waals surface area contributed by atoms with E-state index in [-0.39, 0.29) is 23.8 Å². The van der Waals surface area contributed by atoms with Crippen molar-refractivity contribution in [3.63, 3.8) is 0 Å². The lowest BCUT2D eigenvalue weighted by atomic mass is 9.83. The molecule has 0 aliphatic carbocycles. The van der Waals surface area contributed by atoms with Crippen molar-refractivity contribution in [3.8, 4) is 0 Å². The van der Waals surface area contributed by atoms with Crippen LogP contribution in [-0.2, 0) is 16.6 Å². The van der Waals surface area contributed by atoms with Crippen LogP contribution >= 0.6 is 11.6 Å². The molecule has 0 aliphatic heterocycles. The number of aryl methyl sites for hydroxylation is 2. The molecule has 0 aliphatic rings. The molecular weight excluding hydrogens is 372 g/mol. The third kappa shape index (κ3) is 5.83. The van der Waals surface area contributed by atoms with Crippen molar-refractivity contribution in [2.75, 3.05) is 13.1 Å². The molecule has 0 unspecified atom stereocenters. The van der Waals surface area contributed by atoms with Crippen LogP contribution in [-0.4, -0.2) is 24.9 Å². The Labute approximate surface area is 172 Å². The lowest BCUT2D eigenvalue weighted by molar-refractivity contribution is -0.120. The summed E-state index contributed by atoms with van der Waals surface area (Å²) in [6.07, 6.45) is 0.756. The van der Waals surface area contributed by atoms with Gasteiger partial charge in [0.05, 0.1) is 17.1 Å². The number of rotatable bonds is 6. The van der Waals surface area contributed by atoms with Gasteiger partial charge in [0.2, 0.25) is 5.91 Å². The van der Waals surface area contributed by atoms with Gasteiger partial charge in [-0.3, -0.25) is 9.59 Å². The quantitative estimate of drug-likeness (QED) is 0.757. The monoisotopic (exact) mass is 400 g/mol. The van der Waals surface area contributed by atoms with Crippen molar-refractivity contribution < 1.29 is 9.59 Å². The summed E-state index contributed by atoms with van der Waals surface area (Å²) >= 11 is 5.99. The molecule has 0 radical (unpaired) electrons. The number of carbonyl (C=O) groups is 2. The second-order valence-electron chi connectivity index (χ2n) is 8.10. The summed E-state index contributed by atoms with van der Waals surface area (Å²) in [6, 6.07) is 11.2. The lowest BCUT2D eigenvalue weighted by Crippen LogP contribution is -2.37. The van der Waals surface area contributed by atoms with Crippen LogP contribution in [0.2, 0.25) is 5.02 Å². The van der Waals surface area contributed by atoms with Crippen LogP contribution < -0.4 is 10.6 Å². The summed E-state index contributed by atoms with van der Waals surface area (Å²) in [4.78, 5) is 24.1. The average Bonchev–Trinajstić information content (AvgIpc) is 2.61. The van der Waals surface area contributed by atoms with E-state index in [1.165, 1.54) is 22.3 Å². The first-order chi connectivity index (χ1) is 13.1. The Morgan fingerprint density at radius 1 is 1.00 bits per heavy atom. The van der Waals surface area contributed by atoms with Gasteiger partial charge in [-0.1, -0.05) is 56.6 Å². The lowest BCUT2D eigenvalue weighted by Gasteiger charge is -2.22. The molecule has 0 fully saturated rings. The van der Waals surface area contributed by atoms with Crippen molar-refractivity contribution in [3.05, 3.63) is 69.2 Å². The molecule has 28 heavy (non-hydrogen) atoms. The van der Waals surface area contributed by atoms with Crippen LogP contribution in [0.1, 0.15) is 53.4 Å². The highest BCUT2D eigenvalue weighted by atomic mass is 35.5. The van der Waals surface area contributed by atoms with Crippen molar-refractivity contribution >= 4 is 23.4 Å². The van der Waals surface area contributed by atoms with Gasteiger partial charge in [-0.25, -0.2) is 0 Å². The maximum atomic E-state index is 12.1. The maximum absolute atomic E-state index is 12.1. The van der Waals surface area contributed by atoms with Gasteiger partial charge in [0, 0.05) is 6.54 Å². The molecule has 2 rings (SSSR count). The smallest absolute Gasteiger partial charge is 0.253 e. The van der Waals surface area contributed by atoms with Gasteiger partial charge in [-0.05, 0) is 60.1 Å². The fraction of sp³-hybridized carbons (Fsp3) is 0.391. The maximum Gasteiger partial charge on any atom is 0.253 e. The minimum atomic E-state index is -0.356. The molecule has 0 atom stereocenters. The fourth-order valence-electron chi connectivity index (χ4n) is 3.11. The topological polar surface area (TPSA) is 58.2 Å². The molecule has 0 saturated heterocycles. The minimum Gasteiger partial charge on any atom is -0.354 e. The van der Waals surface area contributed by atoms with E-state index >= 15 is 0 Å². The first-order valence-electron chi connectivity index (χ1n) is 9.49. The Kier molecular flexibility index (Phi) is 7.25. The van der Waals surface area contributed by atoms with Gasteiger partial charge in [0.15, 0.2) is 0 Å². The number of benzene rings is 2. The highest BCUT2D eigenvalue weighted by Gasteiger charge is 2.16. The molecule has 150 valence electrons. The normalized spacial score (nSPS) is 11.2. The molecule has 5 heteroatoms. The van der Waals surface area contributed by atoms with Crippen molar-refractivity contribution in [2.24, 2.45) is 0 Å². The van der Waals surface area contributed by atoms with Crippen LogP contribution in [0.15, 0.2) is 36.4 Å². The molecule has 2 amide bonds. The van der Waals surface area contributed by atoms with Gasteiger partial charge in [-0.2, -0.15) is 0 Å². The fourth-order valence-corrected chi connectivity index (χ4v) is 3.33. The van der Waals surface area contributed by atoms with Crippen molar-refractivity contribution in [1.82, 2.24) is 10.6 Å². The van der Waals surface area contributed by atoms with Gasteiger partial charge in [-0.15, -0.1) is 0 Å². The second kappa shape index (κ2) is 9.24. The van der Waals surface area contributed by atoms with Gasteiger partial charge in [0.1, 0.15) is 0 Å². The van der Waals surface area contributed by atoms with Crippen LogP contribution in [0.25, 0.3) is 0 Å². The Hall–Kier alpha value is -2.33. The third-order valence-electron chi connectivity index (χ3n) is 4.79. The standard InChI is InChI=1S/C23H29ClN2O2/c1-15-12-17(23(3,4)5)13-16(2)18(15)10-11-25-21(27)14-26-22(28)19-8-6-7-9-20(19)24/h6-9,12-13H,10-11,14H2,1-5H3,(H,25,27)(H,26,28). The van der Waals surface area contributed by atoms with Gasteiger partial charge >= 0.3 is 0 Å². The second-order valence-corrected chi connectivity index (χ2v) is 8.51. The van der Waals surface area contributed by atoms with E-state index in [2.05, 4.69) is 57.4 Å². The summed E-state index contributed by atoms with van der Waals surface area (Å²) in [7, 11) is 0. The molecule has 0 saturated carbocycles. The Morgan fingerprint density at radius 3 is 2.18 bits per heavy atom. The zero-order valence-corrected chi connectivity index (χ0v) is 18.0. The third-order valence-corrected chi connectivity index (χ3v) is 5.12. The van der Waals surface area contributed by atoms with E-state index in [0.29, 0.717) is 17.1 Å². The molecule has 2 aromatic carbocycles. The number of amides is 2. The van der Waals surface area contributed by atoms with E-state index < -0.39 is 0 Å². The highest BCUT2D eigenvalue weighted by molar-refractivity contribution is 6.33. The first kappa shape index (κ1) is 22.0. The predicted octanol–water partition coefficient (Wildman–Crippen LogP) is 4.34. The Balaban J connectivity index is 1.86. The van der Waals surface area contributed by atoms with Crippen LogP contribution in [0, 0.1) is 13.8 Å². The van der Waals surface area contributed by atoms with Crippen LogP contribution in [0.3, 0.4) is 0 Å². The molecule has 0 bridgehead atoms. The van der Waals surface area contributed by atoms with Crippen LogP contribution in [0.4, 0.5) is 0 Å². The number of carbonyl (C=O) groups excluding carboxylic acids is 2. The molecule has 0 aromatic heterocycles. The summed E-state index contributed by atoms with van der Waals surface area (Å²) in [6.45, 7) is 11.3. The summed E-state index contributed by atoms with van der Waals surface area (Å²) in [5, 5.41) is 5.83. The first-order valence-corrected chi connectivity index (χ1v) is 9.87. The van der Waals surface area contributed by atoms with E-state index in [1.807, 2.05) is 0 Å². The van der Waals surface area contributed by atoms with Crippen LogP contribution in [0.5, 0.6) is 0 Å².